The maximum atomic E-state index is 11.8. The Morgan fingerprint density at radius 1 is 1.20 bits per heavy atom. The van der Waals surface area contributed by atoms with E-state index in [9.17, 15) is 19.8 Å². The molecule has 7 heteroatoms. The second-order valence-electron chi connectivity index (χ2n) is 4.39. The van der Waals surface area contributed by atoms with E-state index >= 15 is 0 Å². The summed E-state index contributed by atoms with van der Waals surface area (Å²) in [6.07, 6.45) is -1.11. The van der Waals surface area contributed by atoms with Crippen LogP contribution in [0.15, 0.2) is 22.8 Å². The van der Waals surface area contributed by atoms with E-state index in [2.05, 4.69) is 4.74 Å². The van der Waals surface area contributed by atoms with Gasteiger partial charge >= 0.3 is 11.9 Å². The van der Waals surface area contributed by atoms with Crippen LogP contribution in [0.3, 0.4) is 0 Å². The summed E-state index contributed by atoms with van der Waals surface area (Å²) < 4.78 is 4.58. The molecule has 0 heterocycles. The van der Waals surface area contributed by atoms with Crippen molar-refractivity contribution in [1.29, 1.82) is 0 Å². The van der Waals surface area contributed by atoms with Crippen LogP contribution in [0.25, 0.3) is 0 Å². The van der Waals surface area contributed by atoms with Crippen molar-refractivity contribution in [2.24, 2.45) is 5.73 Å². The molecule has 114 valence electrons. The van der Waals surface area contributed by atoms with Gasteiger partial charge in [-0.2, -0.15) is 0 Å². The van der Waals surface area contributed by atoms with Crippen molar-refractivity contribution in [3.05, 3.63) is 22.8 Å². The standard InChI is InChI=1S/C13H21NO6/c1-6(12(17)18)5-9(14)11(13(19)20-4)10(7(2)15)8(3)16/h5,7-9,15-16H,14H2,1-4H3,(H,17,18). The summed E-state index contributed by atoms with van der Waals surface area (Å²) >= 11 is 0. The smallest absolute Gasteiger partial charge is 0.335 e. The van der Waals surface area contributed by atoms with E-state index in [1.54, 1.807) is 0 Å². The minimum Gasteiger partial charge on any atom is -0.478 e. The van der Waals surface area contributed by atoms with E-state index in [0.29, 0.717) is 0 Å². The molecular formula is C13H21NO6. The average molecular weight is 287 g/mol. The molecule has 0 aliphatic heterocycles. The molecule has 0 fully saturated rings. The van der Waals surface area contributed by atoms with Crippen molar-refractivity contribution in [3.8, 4) is 0 Å². The lowest BCUT2D eigenvalue weighted by atomic mass is 9.93. The molecule has 3 atom stereocenters. The summed E-state index contributed by atoms with van der Waals surface area (Å²) in [5, 5.41) is 28.2. The Morgan fingerprint density at radius 3 is 1.95 bits per heavy atom. The van der Waals surface area contributed by atoms with E-state index in [1.165, 1.54) is 20.8 Å². The molecule has 20 heavy (non-hydrogen) atoms. The number of carbonyl (C=O) groups is 2. The summed E-state index contributed by atoms with van der Waals surface area (Å²) in [4.78, 5) is 22.6. The van der Waals surface area contributed by atoms with Gasteiger partial charge in [0.1, 0.15) is 0 Å². The third-order valence-electron chi connectivity index (χ3n) is 2.72. The van der Waals surface area contributed by atoms with Gasteiger partial charge in [0, 0.05) is 5.57 Å². The van der Waals surface area contributed by atoms with E-state index < -0.39 is 30.2 Å². The molecule has 7 nitrogen and oxygen atoms in total. The normalized spacial score (nSPS) is 16.1. The van der Waals surface area contributed by atoms with Crippen molar-refractivity contribution in [2.75, 3.05) is 7.11 Å². The van der Waals surface area contributed by atoms with Gasteiger partial charge in [-0.1, -0.05) is 6.08 Å². The minimum atomic E-state index is -1.18. The molecule has 0 amide bonds. The monoisotopic (exact) mass is 287 g/mol. The first kappa shape index (κ1) is 18.3. The highest BCUT2D eigenvalue weighted by Crippen LogP contribution is 2.19. The lowest BCUT2D eigenvalue weighted by molar-refractivity contribution is -0.136. The van der Waals surface area contributed by atoms with Gasteiger partial charge in [0.15, 0.2) is 0 Å². The predicted molar refractivity (Wildman–Crippen MR) is 71.8 cm³/mol. The molecule has 0 aliphatic carbocycles. The number of ether oxygens (including phenoxy) is 1. The van der Waals surface area contributed by atoms with Crippen LogP contribution < -0.4 is 5.73 Å². The number of aliphatic hydroxyl groups is 2. The van der Waals surface area contributed by atoms with Crippen LogP contribution in [0, 0.1) is 0 Å². The Balaban J connectivity index is 5.92. The Labute approximate surface area is 117 Å². The molecule has 0 saturated heterocycles. The summed E-state index contributed by atoms with van der Waals surface area (Å²) in [5.41, 5.74) is 5.57. The first-order valence-corrected chi connectivity index (χ1v) is 5.99. The number of hydrogen-bond donors (Lipinski definition) is 4. The SMILES string of the molecule is COC(=O)C(=C(C(C)O)C(C)O)C(N)C=C(C)C(=O)O. The molecule has 0 radical (unpaired) electrons. The molecular weight excluding hydrogens is 266 g/mol. The quantitative estimate of drug-likeness (QED) is 0.385. The Morgan fingerprint density at radius 2 is 1.65 bits per heavy atom. The minimum absolute atomic E-state index is 0.00112. The number of hydrogen-bond acceptors (Lipinski definition) is 6. The zero-order valence-electron chi connectivity index (χ0n) is 12.0. The van der Waals surface area contributed by atoms with E-state index in [-0.39, 0.29) is 16.7 Å². The summed E-state index contributed by atoms with van der Waals surface area (Å²) in [7, 11) is 1.13. The van der Waals surface area contributed by atoms with Gasteiger partial charge in [-0.25, -0.2) is 9.59 Å². The second kappa shape index (κ2) is 7.78. The third kappa shape index (κ3) is 4.76. The maximum absolute atomic E-state index is 11.8. The summed E-state index contributed by atoms with van der Waals surface area (Å²) in [5.74, 6) is -2.01. The Hall–Kier alpha value is -1.70. The van der Waals surface area contributed by atoms with Gasteiger partial charge in [-0.3, -0.25) is 0 Å². The summed E-state index contributed by atoms with van der Waals surface area (Å²) in [6, 6.07) is -1.11. The largest absolute Gasteiger partial charge is 0.478 e. The van der Waals surface area contributed by atoms with E-state index in [0.717, 1.165) is 13.2 Å². The van der Waals surface area contributed by atoms with Gasteiger partial charge in [-0.15, -0.1) is 0 Å². The second-order valence-corrected chi connectivity index (χ2v) is 4.39. The fourth-order valence-electron chi connectivity index (χ4n) is 1.78. The number of aliphatic carboxylic acids is 1. The number of aliphatic hydroxyl groups excluding tert-OH is 2. The van der Waals surface area contributed by atoms with Gasteiger partial charge in [0.2, 0.25) is 0 Å². The number of nitrogens with two attached hydrogens (primary N) is 1. The highest BCUT2D eigenvalue weighted by molar-refractivity contribution is 5.92. The predicted octanol–water partition coefficient (Wildman–Crippen LogP) is -0.424. The molecule has 0 aromatic carbocycles. The van der Waals surface area contributed by atoms with Crippen LogP contribution >= 0.6 is 0 Å². The van der Waals surface area contributed by atoms with Crippen LogP contribution in [-0.4, -0.2) is 52.6 Å². The number of esters is 1. The van der Waals surface area contributed by atoms with Gasteiger partial charge in [0.05, 0.1) is 30.9 Å². The van der Waals surface area contributed by atoms with Crippen LogP contribution in [0.4, 0.5) is 0 Å². The van der Waals surface area contributed by atoms with Crippen LogP contribution in [-0.2, 0) is 14.3 Å². The average Bonchev–Trinajstić information content (AvgIpc) is 2.33. The molecule has 0 bridgehead atoms. The van der Waals surface area contributed by atoms with Crippen LogP contribution in [0.1, 0.15) is 20.8 Å². The number of methoxy groups -OCH3 is 1. The van der Waals surface area contributed by atoms with Crippen molar-refractivity contribution < 1.29 is 29.6 Å². The number of carboxylic acid groups (broad SMARTS) is 1. The molecule has 0 rings (SSSR count). The fourth-order valence-corrected chi connectivity index (χ4v) is 1.78. The van der Waals surface area contributed by atoms with Crippen molar-refractivity contribution in [1.82, 2.24) is 0 Å². The lowest BCUT2D eigenvalue weighted by Crippen LogP contribution is -2.33. The first-order chi connectivity index (χ1) is 9.13. The molecule has 0 saturated carbocycles. The topological polar surface area (TPSA) is 130 Å². The molecule has 3 unspecified atom stereocenters. The van der Waals surface area contributed by atoms with E-state index in [1.807, 2.05) is 0 Å². The number of carbonyl (C=O) groups excluding carboxylic acids is 1. The van der Waals surface area contributed by atoms with Gasteiger partial charge in [0.25, 0.3) is 0 Å². The number of rotatable bonds is 6. The Kier molecular flexibility index (Phi) is 7.12. The van der Waals surface area contributed by atoms with E-state index in [4.69, 9.17) is 10.8 Å². The zero-order valence-corrected chi connectivity index (χ0v) is 12.0. The van der Waals surface area contributed by atoms with Gasteiger partial charge < -0.3 is 25.8 Å². The van der Waals surface area contributed by atoms with Gasteiger partial charge in [-0.05, 0) is 26.3 Å². The number of carboxylic acids is 1. The molecule has 0 aromatic rings. The van der Waals surface area contributed by atoms with Crippen LogP contribution in [0.2, 0.25) is 0 Å². The van der Waals surface area contributed by atoms with Crippen molar-refractivity contribution in [2.45, 2.75) is 39.0 Å². The zero-order chi connectivity index (χ0) is 16.0. The lowest BCUT2D eigenvalue weighted by Gasteiger charge is -2.21. The fraction of sp³-hybridized carbons (Fsp3) is 0.538. The maximum Gasteiger partial charge on any atom is 0.335 e. The first-order valence-electron chi connectivity index (χ1n) is 5.99. The molecule has 5 N–H and O–H groups in total. The Bertz CT molecular complexity index is 426. The summed E-state index contributed by atoms with van der Waals surface area (Å²) in [6.45, 7) is 4.05. The van der Waals surface area contributed by atoms with Crippen molar-refractivity contribution in [3.63, 3.8) is 0 Å². The molecule has 0 aliphatic rings. The van der Waals surface area contributed by atoms with Crippen LogP contribution in [0.5, 0.6) is 0 Å². The highest BCUT2D eigenvalue weighted by atomic mass is 16.5. The highest BCUT2D eigenvalue weighted by Gasteiger charge is 2.27. The third-order valence-corrected chi connectivity index (χ3v) is 2.72. The van der Waals surface area contributed by atoms with Crippen molar-refractivity contribution >= 4 is 11.9 Å². The molecule has 0 aromatic heterocycles. The molecule has 0 spiro atoms.